The summed E-state index contributed by atoms with van der Waals surface area (Å²) in [5.41, 5.74) is 5.04. The molecule has 0 radical (unpaired) electrons. The van der Waals surface area contributed by atoms with E-state index in [1.54, 1.807) is 31.4 Å². The van der Waals surface area contributed by atoms with Crippen LogP contribution in [0.25, 0.3) is 11.3 Å². The zero-order valence-corrected chi connectivity index (χ0v) is 23.6. The first kappa shape index (κ1) is 27.2. The number of aromatic nitrogens is 1. The fourth-order valence-corrected chi connectivity index (χ4v) is 5.79. The number of hydrogen-bond acceptors (Lipinski definition) is 6. The Morgan fingerprint density at radius 2 is 1.62 bits per heavy atom. The van der Waals surface area contributed by atoms with Crippen LogP contribution in [-0.4, -0.2) is 23.9 Å². The second-order valence-electron chi connectivity index (χ2n) is 9.01. The van der Waals surface area contributed by atoms with Crippen LogP contribution < -0.4 is 15.4 Å². The van der Waals surface area contributed by atoms with Gasteiger partial charge in [-0.25, -0.2) is 4.98 Å². The Labute approximate surface area is 241 Å². The molecule has 200 valence electrons. The fraction of sp³-hybridized carbons (Fsp3) is 0.0938. The third-order valence-electron chi connectivity index (χ3n) is 6.12. The molecule has 0 aliphatic rings. The van der Waals surface area contributed by atoms with Crippen LogP contribution in [-0.2, 0) is 4.79 Å². The van der Waals surface area contributed by atoms with Gasteiger partial charge >= 0.3 is 0 Å². The lowest BCUT2D eigenvalue weighted by Crippen LogP contribution is -2.19. The van der Waals surface area contributed by atoms with E-state index in [2.05, 4.69) is 15.6 Å². The summed E-state index contributed by atoms with van der Waals surface area (Å²) in [5.74, 6) is 0.285. The van der Waals surface area contributed by atoms with Crippen LogP contribution in [0.1, 0.15) is 26.7 Å². The van der Waals surface area contributed by atoms with Gasteiger partial charge in [-0.1, -0.05) is 66.2 Å². The quantitative estimate of drug-likeness (QED) is 0.178. The largest absolute Gasteiger partial charge is 0.497 e. The molecule has 1 unspecified atom stereocenters. The average Bonchev–Trinajstić information content (AvgIpc) is 3.45. The second kappa shape index (κ2) is 12.6. The van der Waals surface area contributed by atoms with Crippen LogP contribution in [0.4, 0.5) is 10.8 Å². The predicted molar refractivity (Wildman–Crippen MR) is 163 cm³/mol. The molecule has 40 heavy (non-hydrogen) atoms. The summed E-state index contributed by atoms with van der Waals surface area (Å²) in [7, 11) is 1.58. The number of nitrogens with zero attached hydrogens (tertiary/aromatic N) is 1. The summed E-state index contributed by atoms with van der Waals surface area (Å²) in [6.45, 7) is 2.04. The molecular weight excluding hydrogens is 539 g/mol. The highest BCUT2D eigenvalue weighted by Crippen LogP contribution is 2.38. The molecule has 1 aromatic heterocycles. The van der Waals surface area contributed by atoms with Gasteiger partial charge in [0.1, 0.15) is 11.0 Å². The van der Waals surface area contributed by atoms with Gasteiger partial charge in [0, 0.05) is 27.1 Å². The Bertz CT molecular complexity index is 1600. The van der Waals surface area contributed by atoms with Crippen LogP contribution in [0.2, 0.25) is 0 Å². The standard InChI is InChI=1S/C32H27N3O3S2/c1-21-11-13-22(14-12-21)28-20-39-32(34-28)35-31(37)29(23-7-4-3-5-8-23)40-27-10-6-9-25(19-27)33-30(36)24-15-17-26(38-2)18-16-24/h3-20,29H,1-2H3,(H,33,36)(H,34,35,37). The van der Waals surface area contributed by atoms with Gasteiger partial charge in [-0.05, 0) is 55.0 Å². The Balaban J connectivity index is 1.32. The van der Waals surface area contributed by atoms with Gasteiger partial charge in [-0.3, -0.25) is 9.59 Å². The van der Waals surface area contributed by atoms with Crippen molar-refractivity contribution >= 4 is 45.7 Å². The number of thioether (sulfide) groups is 1. The number of carbonyl (C=O) groups excluding carboxylic acids is 2. The monoisotopic (exact) mass is 565 g/mol. The van der Waals surface area contributed by atoms with E-state index in [-0.39, 0.29) is 11.8 Å². The topological polar surface area (TPSA) is 80.3 Å². The van der Waals surface area contributed by atoms with E-state index < -0.39 is 5.25 Å². The minimum atomic E-state index is -0.527. The van der Waals surface area contributed by atoms with Crippen molar-refractivity contribution in [1.82, 2.24) is 4.98 Å². The zero-order valence-electron chi connectivity index (χ0n) is 22.0. The van der Waals surface area contributed by atoms with Gasteiger partial charge in [0.2, 0.25) is 5.91 Å². The van der Waals surface area contributed by atoms with Crippen molar-refractivity contribution in [3.05, 3.63) is 125 Å². The van der Waals surface area contributed by atoms with E-state index in [4.69, 9.17) is 4.74 Å². The number of methoxy groups -OCH3 is 1. The SMILES string of the molecule is COc1ccc(C(=O)Nc2cccc(SC(C(=O)Nc3nc(-c4ccc(C)cc4)cs3)c3ccccc3)c2)cc1. The summed E-state index contributed by atoms with van der Waals surface area (Å²) in [6, 6.07) is 32.2. The number of thiazole rings is 1. The van der Waals surface area contributed by atoms with Crippen LogP contribution in [0.15, 0.2) is 113 Å². The number of benzene rings is 4. The first-order valence-electron chi connectivity index (χ1n) is 12.6. The third-order valence-corrected chi connectivity index (χ3v) is 8.13. The van der Waals surface area contributed by atoms with Gasteiger partial charge in [0.15, 0.2) is 5.13 Å². The van der Waals surface area contributed by atoms with E-state index in [9.17, 15) is 9.59 Å². The minimum Gasteiger partial charge on any atom is -0.497 e. The highest BCUT2D eigenvalue weighted by molar-refractivity contribution is 8.00. The zero-order chi connectivity index (χ0) is 27.9. The molecule has 0 spiro atoms. The van der Waals surface area contributed by atoms with Crippen LogP contribution in [0.3, 0.4) is 0 Å². The van der Waals surface area contributed by atoms with E-state index in [0.29, 0.717) is 22.1 Å². The molecule has 5 aromatic rings. The molecule has 5 rings (SSSR count). The van der Waals surface area contributed by atoms with Gasteiger partial charge in [0.05, 0.1) is 12.8 Å². The molecule has 8 heteroatoms. The Morgan fingerprint density at radius 1 is 0.875 bits per heavy atom. The summed E-state index contributed by atoms with van der Waals surface area (Å²) in [6.07, 6.45) is 0. The number of rotatable bonds is 9. The average molecular weight is 566 g/mol. The Hall–Kier alpha value is -4.40. The maximum Gasteiger partial charge on any atom is 0.255 e. The van der Waals surface area contributed by atoms with E-state index in [1.165, 1.54) is 28.7 Å². The molecule has 0 fully saturated rings. The van der Waals surface area contributed by atoms with Gasteiger partial charge in [0.25, 0.3) is 5.91 Å². The van der Waals surface area contributed by atoms with E-state index in [0.717, 1.165) is 21.7 Å². The normalized spacial score (nSPS) is 11.4. The number of nitrogens with one attached hydrogen (secondary N) is 2. The number of carbonyl (C=O) groups is 2. The molecule has 0 saturated heterocycles. The molecule has 1 atom stereocenters. The fourth-order valence-electron chi connectivity index (χ4n) is 3.99. The van der Waals surface area contributed by atoms with Gasteiger partial charge < -0.3 is 15.4 Å². The maximum atomic E-state index is 13.6. The molecule has 0 aliphatic carbocycles. The molecule has 1 heterocycles. The lowest BCUT2D eigenvalue weighted by molar-refractivity contribution is -0.115. The first-order valence-corrected chi connectivity index (χ1v) is 14.3. The Morgan fingerprint density at radius 3 is 2.35 bits per heavy atom. The number of ether oxygens (including phenoxy) is 1. The smallest absolute Gasteiger partial charge is 0.255 e. The second-order valence-corrected chi connectivity index (χ2v) is 11.0. The van der Waals surface area contributed by atoms with Crippen molar-refractivity contribution in [3.8, 4) is 17.0 Å². The van der Waals surface area contributed by atoms with Crippen molar-refractivity contribution < 1.29 is 14.3 Å². The summed E-state index contributed by atoms with van der Waals surface area (Å²) in [4.78, 5) is 31.8. The third kappa shape index (κ3) is 6.77. The number of amides is 2. The van der Waals surface area contributed by atoms with E-state index >= 15 is 0 Å². The molecule has 0 saturated carbocycles. The van der Waals surface area contributed by atoms with Gasteiger partial charge in [-0.15, -0.1) is 23.1 Å². The lowest BCUT2D eigenvalue weighted by Gasteiger charge is -2.17. The number of aryl methyl sites for hydroxylation is 1. The summed E-state index contributed by atoms with van der Waals surface area (Å²) in [5, 5.41) is 7.91. The highest BCUT2D eigenvalue weighted by atomic mass is 32.2. The molecule has 0 bridgehead atoms. The number of anilines is 2. The van der Waals surface area contributed by atoms with Gasteiger partial charge in [-0.2, -0.15) is 0 Å². The van der Waals surface area contributed by atoms with Crippen molar-refractivity contribution in [2.75, 3.05) is 17.7 Å². The molecular formula is C32H27N3O3S2. The maximum absolute atomic E-state index is 13.6. The van der Waals surface area contributed by atoms with Crippen molar-refractivity contribution in [1.29, 1.82) is 0 Å². The highest BCUT2D eigenvalue weighted by Gasteiger charge is 2.23. The van der Waals surface area contributed by atoms with Crippen LogP contribution in [0, 0.1) is 6.92 Å². The molecule has 2 amide bonds. The Kier molecular flexibility index (Phi) is 8.59. The van der Waals surface area contributed by atoms with Crippen LogP contribution in [0.5, 0.6) is 5.75 Å². The van der Waals surface area contributed by atoms with Crippen molar-refractivity contribution in [2.24, 2.45) is 0 Å². The predicted octanol–water partition coefficient (Wildman–Crippen LogP) is 7.85. The summed E-state index contributed by atoms with van der Waals surface area (Å²) < 4.78 is 5.17. The van der Waals surface area contributed by atoms with E-state index in [1.807, 2.05) is 91.2 Å². The van der Waals surface area contributed by atoms with Crippen molar-refractivity contribution in [2.45, 2.75) is 17.1 Å². The van der Waals surface area contributed by atoms with Crippen molar-refractivity contribution in [3.63, 3.8) is 0 Å². The molecule has 0 aliphatic heterocycles. The molecule has 2 N–H and O–H groups in total. The first-order chi connectivity index (χ1) is 19.5. The number of hydrogen-bond donors (Lipinski definition) is 2. The summed E-state index contributed by atoms with van der Waals surface area (Å²) >= 11 is 2.81. The lowest BCUT2D eigenvalue weighted by atomic mass is 10.1. The molecule has 6 nitrogen and oxygen atoms in total. The molecule has 4 aromatic carbocycles. The van der Waals surface area contributed by atoms with Crippen LogP contribution >= 0.6 is 23.1 Å². The minimum absolute atomic E-state index is 0.173.